The minimum Gasteiger partial charge on any atom is -0.369 e. The van der Waals surface area contributed by atoms with Crippen LogP contribution in [0.4, 0.5) is 5.69 Å². The molecule has 3 nitrogen and oxygen atoms in total. The number of aryl methyl sites for hydroxylation is 1. The van der Waals surface area contributed by atoms with Gasteiger partial charge in [-0.3, -0.25) is 9.88 Å². The van der Waals surface area contributed by atoms with Crippen molar-refractivity contribution in [1.29, 1.82) is 0 Å². The molecule has 2 heterocycles. The Morgan fingerprint density at radius 1 is 0.917 bits per heavy atom. The number of anilines is 1. The zero-order chi connectivity index (χ0) is 16.4. The smallest absolute Gasteiger partial charge is 0.0702 e. The number of nitrogens with zero attached hydrogens (tertiary/aromatic N) is 3. The SMILES string of the molecule is Cc1ccc(N2CCN(Cc3cnc4ccccc4c3)CC2)cc1. The van der Waals surface area contributed by atoms with E-state index < -0.39 is 0 Å². The molecule has 0 bridgehead atoms. The molecule has 0 aliphatic carbocycles. The molecule has 1 aliphatic heterocycles. The summed E-state index contributed by atoms with van der Waals surface area (Å²) in [5, 5.41) is 1.23. The van der Waals surface area contributed by atoms with Crippen LogP contribution in [-0.2, 0) is 6.54 Å². The summed E-state index contributed by atoms with van der Waals surface area (Å²) in [6.45, 7) is 7.49. The van der Waals surface area contributed by atoms with E-state index >= 15 is 0 Å². The Hall–Kier alpha value is -2.39. The molecule has 1 saturated heterocycles. The fourth-order valence-corrected chi connectivity index (χ4v) is 3.38. The number of para-hydroxylation sites is 1. The molecule has 2 aromatic carbocycles. The van der Waals surface area contributed by atoms with E-state index in [9.17, 15) is 0 Å². The highest BCUT2D eigenvalue weighted by Crippen LogP contribution is 2.19. The van der Waals surface area contributed by atoms with Gasteiger partial charge in [0.05, 0.1) is 5.52 Å². The highest BCUT2D eigenvalue weighted by Gasteiger charge is 2.17. The number of pyridine rings is 1. The lowest BCUT2D eigenvalue weighted by molar-refractivity contribution is 0.250. The Labute approximate surface area is 143 Å². The van der Waals surface area contributed by atoms with Crippen LogP contribution in [0.1, 0.15) is 11.1 Å². The maximum Gasteiger partial charge on any atom is 0.0702 e. The van der Waals surface area contributed by atoms with Crippen molar-refractivity contribution >= 4 is 16.6 Å². The van der Waals surface area contributed by atoms with E-state index in [0.29, 0.717) is 0 Å². The largest absolute Gasteiger partial charge is 0.369 e. The maximum absolute atomic E-state index is 4.58. The molecule has 3 heteroatoms. The molecule has 0 saturated carbocycles. The fraction of sp³-hybridized carbons (Fsp3) is 0.286. The van der Waals surface area contributed by atoms with Gasteiger partial charge in [-0.2, -0.15) is 0 Å². The average Bonchev–Trinajstić information content (AvgIpc) is 2.63. The second kappa shape index (κ2) is 6.62. The summed E-state index contributed by atoms with van der Waals surface area (Å²) in [5.41, 5.74) is 5.04. The first kappa shape index (κ1) is 15.2. The van der Waals surface area contributed by atoms with Crippen molar-refractivity contribution < 1.29 is 0 Å². The molecule has 0 N–H and O–H groups in total. The molecular weight excluding hydrogens is 294 g/mol. The van der Waals surface area contributed by atoms with Gasteiger partial charge < -0.3 is 4.90 Å². The molecule has 0 amide bonds. The van der Waals surface area contributed by atoms with Crippen LogP contribution in [-0.4, -0.2) is 36.1 Å². The third-order valence-electron chi connectivity index (χ3n) is 4.82. The fourth-order valence-electron chi connectivity index (χ4n) is 3.38. The summed E-state index contributed by atoms with van der Waals surface area (Å²) in [6.07, 6.45) is 2.02. The number of aromatic nitrogens is 1. The molecular formula is C21H23N3. The van der Waals surface area contributed by atoms with Crippen molar-refractivity contribution in [3.63, 3.8) is 0 Å². The van der Waals surface area contributed by atoms with E-state index in [4.69, 9.17) is 0 Å². The van der Waals surface area contributed by atoms with E-state index in [0.717, 1.165) is 38.2 Å². The van der Waals surface area contributed by atoms with Crippen LogP contribution < -0.4 is 4.90 Å². The Bertz CT molecular complexity index is 818. The lowest BCUT2D eigenvalue weighted by atomic mass is 10.1. The summed E-state index contributed by atoms with van der Waals surface area (Å²) in [6, 6.07) is 19.5. The van der Waals surface area contributed by atoms with Gasteiger partial charge in [0.2, 0.25) is 0 Å². The normalized spacial score (nSPS) is 15.8. The summed E-state index contributed by atoms with van der Waals surface area (Å²) in [5.74, 6) is 0. The lowest BCUT2D eigenvalue weighted by Gasteiger charge is -2.36. The van der Waals surface area contributed by atoms with Crippen LogP contribution in [0.3, 0.4) is 0 Å². The van der Waals surface area contributed by atoms with Crippen LogP contribution in [0.15, 0.2) is 60.8 Å². The van der Waals surface area contributed by atoms with Crippen molar-refractivity contribution in [2.75, 3.05) is 31.1 Å². The molecule has 122 valence electrons. The van der Waals surface area contributed by atoms with Crippen molar-refractivity contribution in [1.82, 2.24) is 9.88 Å². The van der Waals surface area contributed by atoms with Crippen LogP contribution >= 0.6 is 0 Å². The first-order valence-electron chi connectivity index (χ1n) is 8.65. The van der Waals surface area contributed by atoms with Gasteiger partial charge in [0.25, 0.3) is 0 Å². The summed E-state index contributed by atoms with van der Waals surface area (Å²) in [4.78, 5) is 9.59. The highest BCUT2D eigenvalue weighted by molar-refractivity contribution is 5.78. The molecule has 24 heavy (non-hydrogen) atoms. The van der Waals surface area contributed by atoms with Crippen molar-refractivity contribution in [2.24, 2.45) is 0 Å². The van der Waals surface area contributed by atoms with Crippen LogP contribution in [0.25, 0.3) is 10.9 Å². The molecule has 0 atom stereocenters. The third kappa shape index (κ3) is 3.26. The number of piperazine rings is 1. The van der Waals surface area contributed by atoms with Gasteiger partial charge in [-0.15, -0.1) is 0 Å². The summed E-state index contributed by atoms with van der Waals surface area (Å²) in [7, 11) is 0. The number of benzene rings is 2. The molecule has 3 aromatic rings. The monoisotopic (exact) mass is 317 g/mol. The van der Waals surface area contributed by atoms with Crippen molar-refractivity contribution in [3.05, 3.63) is 71.9 Å². The summed E-state index contributed by atoms with van der Waals surface area (Å²) < 4.78 is 0. The van der Waals surface area contributed by atoms with Gasteiger partial charge in [0.15, 0.2) is 0 Å². The quantitative estimate of drug-likeness (QED) is 0.731. The number of fused-ring (bicyclic) bond motifs is 1. The van der Waals surface area contributed by atoms with E-state index in [-0.39, 0.29) is 0 Å². The van der Waals surface area contributed by atoms with Crippen LogP contribution in [0, 0.1) is 6.92 Å². The molecule has 1 aromatic heterocycles. The topological polar surface area (TPSA) is 19.4 Å². The molecule has 1 fully saturated rings. The van der Waals surface area contributed by atoms with Gasteiger partial charge in [-0.05, 0) is 36.8 Å². The number of hydrogen-bond donors (Lipinski definition) is 0. The number of rotatable bonds is 3. The van der Waals surface area contributed by atoms with E-state index in [2.05, 4.69) is 70.2 Å². The average molecular weight is 317 g/mol. The Kier molecular flexibility index (Phi) is 4.18. The first-order chi connectivity index (χ1) is 11.8. The van der Waals surface area contributed by atoms with Gasteiger partial charge >= 0.3 is 0 Å². The standard InChI is InChI=1S/C21H23N3/c1-17-6-8-20(9-7-17)24-12-10-23(11-13-24)16-18-14-19-4-2-3-5-21(19)22-15-18/h2-9,14-15H,10-13,16H2,1H3. The lowest BCUT2D eigenvalue weighted by Crippen LogP contribution is -2.45. The molecule has 0 unspecified atom stereocenters. The zero-order valence-corrected chi connectivity index (χ0v) is 14.2. The van der Waals surface area contributed by atoms with Crippen molar-refractivity contribution in [2.45, 2.75) is 13.5 Å². The van der Waals surface area contributed by atoms with Gasteiger partial charge in [0, 0.05) is 50.0 Å². The number of hydrogen-bond acceptors (Lipinski definition) is 3. The van der Waals surface area contributed by atoms with Gasteiger partial charge in [-0.25, -0.2) is 0 Å². The van der Waals surface area contributed by atoms with E-state index in [1.165, 1.54) is 22.2 Å². The maximum atomic E-state index is 4.58. The predicted molar refractivity (Wildman–Crippen MR) is 100 cm³/mol. The van der Waals surface area contributed by atoms with E-state index in [1.807, 2.05) is 12.3 Å². The van der Waals surface area contributed by atoms with Gasteiger partial charge in [-0.1, -0.05) is 35.9 Å². The Morgan fingerprint density at radius 3 is 2.46 bits per heavy atom. The summed E-state index contributed by atoms with van der Waals surface area (Å²) >= 11 is 0. The molecule has 0 spiro atoms. The van der Waals surface area contributed by atoms with Crippen LogP contribution in [0.5, 0.6) is 0 Å². The van der Waals surface area contributed by atoms with Crippen LogP contribution in [0.2, 0.25) is 0 Å². The molecule has 1 aliphatic rings. The third-order valence-corrected chi connectivity index (χ3v) is 4.82. The van der Waals surface area contributed by atoms with E-state index in [1.54, 1.807) is 0 Å². The Morgan fingerprint density at radius 2 is 1.67 bits per heavy atom. The predicted octanol–water partition coefficient (Wildman–Crippen LogP) is 3.87. The zero-order valence-electron chi connectivity index (χ0n) is 14.2. The molecule has 4 rings (SSSR count). The first-order valence-corrected chi connectivity index (χ1v) is 8.65. The minimum atomic E-state index is 0.986. The van der Waals surface area contributed by atoms with Crippen molar-refractivity contribution in [3.8, 4) is 0 Å². The second-order valence-electron chi connectivity index (χ2n) is 6.64. The Balaban J connectivity index is 1.39. The van der Waals surface area contributed by atoms with Gasteiger partial charge in [0.1, 0.15) is 0 Å². The minimum absolute atomic E-state index is 0.986. The second-order valence-corrected chi connectivity index (χ2v) is 6.64. The molecule has 0 radical (unpaired) electrons. The highest BCUT2D eigenvalue weighted by atomic mass is 15.3.